The summed E-state index contributed by atoms with van der Waals surface area (Å²) >= 11 is 12.2. The lowest BCUT2D eigenvalue weighted by Crippen LogP contribution is -2.48. The van der Waals surface area contributed by atoms with E-state index in [4.69, 9.17) is 27.9 Å². The largest absolute Gasteiger partial charge is 0.388 e. The minimum atomic E-state index is -1.36. The van der Waals surface area contributed by atoms with Gasteiger partial charge in [-0.05, 0) is 63.6 Å². The van der Waals surface area contributed by atoms with Crippen LogP contribution in [0.1, 0.15) is 60.4 Å². The highest BCUT2D eigenvalue weighted by molar-refractivity contribution is 6.30. The molecule has 1 amide bonds. The van der Waals surface area contributed by atoms with Gasteiger partial charge in [0.1, 0.15) is 0 Å². The zero-order chi connectivity index (χ0) is 25.6. The SMILES string of the molecule is CC(C)(O)CO[C@]1(c2ccc(Cl)cc2)c2ccc(C(C)(C)O)cc2C(=O)N1Cc1ccc(Cl)cn1. The van der Waals surface area contributed by atoms with Crippen LogP contribution in [0, 0.1) is 0 Å². The van der Waals surface area contributed by atoms with E-state index < -0.39 is 16.9 Å². The number of amides is 1. The second-order valence-corrected chi connectivity index (χ2v) is 10.8. The molecule has 1 aliphatic heterocycles. The van der Waals surface area contributed by atoms with Gasteiger partial charge in [0, 0.05) is 27.9 Å². The first-order valence-corrected chi connectivity index (χ1v) is 12.0. The molecule has 184 valence electrons. The van der Waals surface area contributed by atoms with Crippen molar-refractivity contribution in [2.75, 3.05) is 6.61 Å². The number of hydrogen-bond acceptors (Lipinski definition) is 5. The monoisotopic (exact) mass is 514 g/mol. The van der Waals surface area contributed by atoms with Crippen LogP contribution in [0.3, 0.4) is 0 Å². The van der Waals surface area contributed by atoms with Crippen LogP contribution in [0.15, 0.2) is 60.8 Å². The second kappa shape index (κ2) is 9.19. The van der Waals surface area contributed by atoms with Gasteiger partial charge >= 0.3 is 0 Å². The van der Waals surface area contributed by atoms with E-state index in [1.807, 2.05) is 0 Å². The van der Waals surface area contributed by atoms with Gasteiger partial charge in [-0.15, -0.1) is 0 Å². The molecule has 8 heteroatoms. The highest BCUT2D eigenvalue weighted by Crippen LogP contribution is 2.47. The zero-order valence-corrected chi connectivity index (χ0v) is 21.6. The van der Waals surface area contributed by atoms with Crippen molar-refractivity contribution in [3.05, 3.63) is 98.8 Å². The summed E-state index contributed by atoms with van der Waals surface area (Å²) in [5.74, 6) is -0.284. The van der Waals surface area contributed by atoms with Gasteiger partial charge in [-0.2, -0.15) is 0 Å². The summed E-state index contributed by atoms with van der Waals surface area (Å²) in [7, 11) is 0. The lowest BCUT2D eigenvalue weighted by atomic mass is 9.89. The summed E-state index contributed by atoms with van der Waals surface area (Å²) in [5, 5.41) is 22.2. The fourth-order valence-electron chi connectivity index (χ4n) is 4.18. The molecule has 0 saturated heterocycles. The molecular weight excluding hydrogens is 487 g/mol. The van der Waals surface area contributed by atoms with Crippen LogP contribution in [0.4, 0.5) is 0 Å². The molecule has 1 aromatic heterocycles. The minimum absolute atomic E-state index is 0.0554. The molecule has 1 atom stereocenters. The van der Waals surface area contributed by atoms with Crippen molar-refractivity contribution in [2.45, 2.75) is 51.2 Å². The number of fused-ring (bicyclic) bond motifs is 1. The number of carbonyl (C=O) groups is 1. The molecule has 2 heterocycles. The van der Waals surface area contributed by atoms with Crippen molar-refractivity contribution in [2.24, 2.45) is 0 Å². The molecule has 0 bridgehead atoms. The standard InChI is InChI=1S/C27H28Cl2N2O4/c1-25(2,33)16-35-27(17-5-8-19(28)9-6-17)23-12-7-18(26(3,4)34)13-22(23)24(32)31(27)15-21-11-10-20(29)14-30-21/h5-14,33-34H,15-16H2,1-4H3/t27-/m1/s1. The van der Waals surface area contributed by atoms with Crippen molar-refractivity contribution in [1.29, 1.82) is 0 Å². The molecule has 6 nitrogen and oxygen atoms in total. The molecule has 0 fully saturated rings. The molecule has 35 heavy (non-hydrogen) atoms. The smallest absolute Gasteiger partial charge is 0.257 e. The summed E-state index contributed by atoms with van der Waals surface area (Å²) in [5.41, 5.74) is -0.772. The fourth-order valence-corrected chi connectivity index (χ4v) is 4.42. The average molecular weight is 515 g/mol. The number of halogens is 2. The van der Waals surface area contributed by atoms with E-state index in [-0.39, 0.29) is 19.1 Å². The number of rotatable bonds is 7. The van der Waals surface area contributed by atoms with Crippen molar-refractivity contribution in [3.8, 4) is 0 Å². The van der Waals surface area contributed by atoms with Gasteiger partial charge in [-0.3, -0.25) is 14.7 Å². The van der Waals surface area contributed by atoms with Crippen molar-refractivity contribution in [3.63, 3.8) is 0 Å². The lowest BCUT2D eigenvalue weighted by molar-refractivity contribution is -0.150. The predicted molar refractivity (Wildman–Crippen MR) is 135 cm³/mol. The highest BCUT2D eigenvalue weighted by Gasteiger charge is 2.53. The third kappa shape index (κ3) is 5.08. The van der Waals surface area contributed by atoms with E-state index >= 15 is 0 Å². The Balaban J connectivity index is 1.95. The summed E-state index contributed by atoms with van der Waals surface area (Å²) in [6.45, 7) is 6.68. The molecule has 3 aromatic rings. The maximum atomic E-state index is 13.9. The fraction of sp³-hybridized carbons (Fsp3) is 0.333. The molecule has 1 aliphatic rings. The highest BCUT2D eigenvalue weighted by atomic mass is 35.5. The molecule has 4 rings (SSSR count). The van der Waals surface area contributed by atoms with Crippen LogP contribution in [0.25, 0.3) is 0 Å². The van der Waals surface area contributed by atoms with Gasteiger partial charge in [0.15, 0.2) is 5.72 Å². The predicted octanol–water partition coefficient (Wildman–Crippen LogP) is 5.26. The van der Waals surface area contributed by atoms with Crippen LogP contribution in [-0.2, 0) is 22.6 Å². The number of aliphatic hydroxyl groups is 2. The first-order chi connectivity index (χ1) is 16.3. The van der Waals surface area contributed by atoms with Crippen molar-refractivity contribution < 1.29 is 19.7 Å². The maximum absolute atomic E-state index is 13.9. The molecular formula is C27H28Cl2N2O4. The minimum Gasteiger partial charge on any atom is -0.388 e. The Hall–Kier alpha value is -2.48. The topological polar surface area (TPSA) is 82.9 Å². The van der Waals surface area contributed by atoms with Crippen molar-refractivity contribution >= 4 is 29.1 Å². The number of hydrogen-bond donors (Lipinski definition) is 2. The van der Waals surface area contributed by atoms with Gasteiger partial charge in [0.05, 0.1) is 35.1 Å². The molecule has 0 unspecified atom stereocenters. The first-order valence-electron chi connectivity index (χ1n) is 11.2. The number of nitrogens with zero attached hydrogens (tertiary/aromatic N) is 2. The van der Waals surface area contributed by atoms with Gasteiger partial charge in [0.2, 0.25) is 0 Å². The van der Waals surface area contributed by atoms with Gasteiger partial charge in [-0.25, -0.2) is 0 Å². The van der Waals surface area contributed by atoms with E-state index in [9.17, 15) is 15.0 Å². The quantitative estimate of drug-likeness (QED) is 0.449. The Bertz CT molecular complexity index is 1230. The van der Waals surface area contributed by atoms with E-state index in [2.05, 4.69) is 4.98 Å². The average Bonchev–Trinajstić information content (AvgIpc) is 3.01. The van der Waals surface area contributed by atoms with E-state index in [1.54, 1.807) is 87.2 Å². The van der Waals surface area contributed by atoms with Gasteiger partial charge in [-0.1, -0.05) is 47.5 Å². The number of ether oxygens (including phenoxy) is 1. The Morgan fingerprint density at radius 1 is 0.971 bits per heavy atom. The van der Waals surface area contributed by atoms with Crippen LogP contribution >= 0.6 is 23.2 Å². The maximum Gasteiger partial charge on any atom is 0.257 e. The summed E-state index contributed by atoms with van der Waals surface area (Å²) in [6, 6.07) is 15.8. The summed E-state index contributed by atoms with van der Waals surface area (Å²) in [4.78, 5) is 19.9. The number of pyridine rings is 1. The van der Waals surface area contributed by atoms with Crippen LogP contribution in [0.5, 0.6) is 0 Å². The Labute approximate surface area is 215 Å². The number of carbonyl (C=O) groups excluding carboxylic acids is 1. The Morgan fingerprint density at radius 3 is 2.20 bits per heavy atom. The molecule has 0 radical (unpaired) electrons. The molecule has 0 saturated carbocycles. The zero-order valence-electron chi connectivity index (χ0n) is 20.0. The van der Waals surface area contributed by atoms with Crippen LogP contribution < -0.4 is 0 Å². The molecule has 0 spiro atoms. The van der Waals surface area contributed by atoms with Crippen molar-refractivity contribution in [1.82, 2.24) is 9.88 Å². The Morgan fingerprint density at radius 2 is 1.63 bits per heavy atom. The van der Waals surface area contributed by atoms with E-state index in [0.29, 0.717) is 38.0 Å². The lowest BCUT2D eigenvalue weighted by Gasteiger charge is -2.40. The molecule has 2 N–H and O–H groups in total. The number of benzene rings is 2. The van der Waals surface area contributed by atoms with Crippen LogP contribution in [-0.4, -0.2) is 38.2 Å². The first kappa shape index (κ1) is 25.6. The second-order valence-electron chi connectivity index (χ2n) is 9.93. The van der Waals surface area contributed by atoms with E-state index in [0.717, 1.165) is 0 Å². The molecule has 0 aliphatic carbocycles. The van der Waals surface area contributed by atoms with Crippen LogP contribution in [0.2, 0.25) is 10.0 Å². The normalized spacial score (nSPS) is 18.2. The van der Waals surface area contributed by atoms with Gasteiger partial charge < -0.3 is 14.9 Å². The van der Waals surface area contributed by atoms with Gasteiger partial charge in [0.25, 0.3) is 5.91 Å². The summed E-state index contributed by atoms with van der Waals surface area (Å²) < 4.78 is 6.51. The third-order valence-electron chi connectivity index (χ3n) is 5.93. The third-order valence-corrected chi connectivity index (χ3v) is 6.40. The molecule has 2 aromatic carbocycles. The number of aromatic nitrogens is 1. The summed E-state index contributed by atoms with van der Waals surface area (Å²) in [6.07, 6.45) is 1.53. The Kier molecular flexibility index (Phi) is 6.72. The van der Waals surface area contributed by atoms with E-state index in [1.165, 1.54) is 6.20 Å².